The topological polar surface area (TPSA) is 0 Å². The lowest BCUT2D eigenvalue weighted by molar-refractivity contribution is 0.186. The molecule has 1 rings (SSSR count). The zero-order valence-corrected chi connectivity index (χ0v) is 9.14. The van der Waals surface area contributed by atoms with Gasteiger partial charge in [-0.05, 0) is 36.5 Å². The van der Waals surface area contributed by atoms with E-state index in [0.29, 0.717) is 0 Å². The molecule has 0 radical (unpaired) electrons. The molecule has 12 heavy (non-hydrogen) atoms. The van der Waals surface area contributed by atoms with Crippen LogP contribution in [0.2, 0.25) is 0 Å². The summed E-state index contributed by atoms with van der Waals surface area (Å²) in [6.45, 7) is 9.56. The highest BCUT2D eigenvalue weighted by atomic mass is 14.3. The third-order valence-electron chi connectivity index (χ3n) is 3.86. The molecule has 0 N–H and O–H groups in total. The summed E-state index contributed by atoms with van der Waals surface area (Å²) < 4.78 is 0. The molecular weight excluding hydrogens is 144 g/mol. The predicted molar refractivity (Wildman–Crippen MR) is 55.1 cm³/mol. The quantitative estimate of drug-likeness (QED) is 0.582. The first-order valence-corrected chi connectivity index (χ1v) is 5.61. The Labute approximate surface area is 77.7 Å². The van der Waals surface area contributed by atoms with Crippen LogP contribution >= 0.6 is 0 Å². The molecule has 1 aliphatic carbocycles. The van der Waals surface area contributed by atoms with Crippen LogP contribution in [0.3, 0.4) is 0 Å². The number of hydrogen-bond donors (Lipinski definition) is 0. The van der Waals surface area contributed by atoms with Gasteiger partial charge in [-0.15, -0.1) is 0 Å². The van der Waals surface area contributed by atoms with Crippen LogP contribution in [0.15, 0.2) is 0 Å². The van der Waals surface area contributed by atoms with Crippen LogP contribution in [-0.2, 0) is 0 Å². The van der Waals surface area contributed by atoms with Crippen molar-refractivity contribution in [3.8, 4) is 0 Å². The van der Waals surface area contributed by atoms with E-state index < -0.39 is 0 Å². The summed E-state index contributed by atoms with van der Waals surface area (Å²) in [7, 11) is 0. The molecule has 0 nitrogen and oxygen atoms in total. The van der Waals surface area contributed by atoms with Gasteiger partial charge in [0.05, 0.1) is 0 Å². The van der Waals surface area contributed by atoms with Gasteiger partial charge in [-0.3, -0.25) is 0 Å². The minimum Gasteiger partial charge on any atom is -0.0625 e. The van der Waals surface area contributed by atoms with E-state index >= 15 is 0 Å². The number of rotatable bonds is 2. The van der Waals surface area contributed by atoms with Crippen molar-refractivity contribution in [2.75, 3.05) is 0 Å². The van der Waals surface area contributed by atoms with E-state index in [9.17, 15) is 0 Å². The van der Waals surface area contributed by atoms with Gasteiger partial charge in [-0.25, -0.2) is 0 Å². The summed E-state index contributed by atoms with van der Waals surface area (Å²) in [6, 6.07) is 0. The van der Waals surface area contributed by atoms with E-state index in [1.165, 1.54) is 25.7 Å². The summed E-state index contributed by atoms with van der Waals surface area (Å²) in [4.78, 5) is 0. The molecule has 1 aliphatic rings. The van der Waals surface area contributed by atoms with Crippen molar-refractivity contribution in [2.45, 2.75) is 53.4 Å². The summed E-state index contributed by atoms with van der Waals surface area (Å²) in [5.41, 5.74) is 0. The van der Waals surface area contributed by atoms with Gasteiger partial charge in [0.2, 0.25) is 0 Å². The van der Waals surface area contributed by atoms with Gasteiger partial charge in [0.15, 0.2) is 0 Å². The van der Waals surface area contributed by atoms with Crippen LogP contribution in [0.25, 0.3) is 0 Å². The van der Waals surface area contributed by atoms with Crippen molar-refractivity contribution in [2.24, 2.45) is 23.7 Å². The van der Waals surface area contributed by atoms with Gasteiger partial charge >= 0.3 is 0 Å². The van der Waals surface area contributed by atoms with Gasteiger partial charge in [0.25, 0.3) is 0 Å². The van der Waals surface area contributed by atoms with Crippen molar-refractivity contribution in [1.82, 2.24) is 0 Å². The maximum Gasteiger partial charge on any atom is -0.0386 e. The van der Waals surface area contributed by atoms with E-state index in [4.69, 9.17) is 0 Å². The molecule has 0 spiro atoms. The molecule has 0 unspecified atom stereocenters. The van der Waals surface area contributed by atoms with Crippen molar-refractivity contribution in [3.63, 3.8) is 0 Å². The van der Waals surface area contributed by atoms with E-state index in [0.717, 1.165) is 23.7 Å². The molecule has 0 amide bonds. The lowest BCUT2D eigenvalue weighted by atomic mass is 9.73. The van der Waals surface area contributed by atoms with Crippen molar-refractivity contribution in [1.29, 1.82) is 0 Å². The molecule has 0 aromatic heterocycles. The van der Waals surface area contributed by atoms with Gasteiger partial charge in [0.1, 0.15) is 0 Å². The normalized spacial score (nSPS) is 33.8. The van der Waals surface area contributed by atoms with Gasteiger partial charge in [-0.1, -0.05) is 40.5 Å². The first kappa shape index (κ1) is 10.1. The third kappa shape index (κ3) is 2.50. The Morgan fingerprint density at radius 2 is 1.42 bits per heavy atom. The molecule has 0 aromatic carbocycles. The van der Waals surface area contributed by atoms with Crippen LogP contribution in [0.5, 0.6) is 0 Å². The van der Waals surface area contributed by atoms with Crippen LogP contribution in [0.1, 0.15) is 53.4 Å². The van der Waals surface area contributed by atoms with Gasteiger partial charge in [-0.2, -0.15) is 0 Å². The molecule has 1 atom stereocenters. The Balaban J connectivity index is 2.34. The fourth-order valence-corrected chi connectivity index (χ4v) is 2.36. The standard InChI is InChI=1S/C12H24/c1-9(2)11(4)12-7-5-10(3)6-8-12/h9-12H,5-8H2,1-4H3/t10?,11-,12?/m1/s1. The fraction of sp³-hybridized carbons (Fsp3) is 1.00. The average molecular weight is 168 g/mol. The fourth-order valence-electron chi connectivity index (χ4n) is 2.36. The summed E-state index contributed by atoms with van der Waals surface area (Å²) >= 11 is 0. The lowest BCUT2D eigenvalue weighted by Gasteiger charge is -2.32. The van der Waals surface area contributed by atoms with Crippen LogP contribution in [0.4, 0.5) is 0 Å². The van der Waals surface area contributed by atoms with E-state index in [1.54, 1.807) is 0 Å². The van der Waals surface area contributed by atoms with Gasteiger partial charge < -0.3 is 0 Å². The zero-order valence-electron chi connectivity index (χ0n) is 9.14. The van der Waals surface area contributed by atoms with Crippen LogP contribution in [0, 0.1) is 23.7 Å². The summed E-state index contributed by atoms with van der Waals surface area (Å²) in [5.74, 6) is 3.85. The molecule has 0 aromatic rings. The van der Waals surface area contributed by atoms with Crippen LogP contribution in [-0.4, -0.2) is 0 Å². The number of hydrogen-bond acceptors (Lipinski definition) is 0. The predicted octanol–water partition coefficient (Wildman–Crippen LogP) is 4.10. The second-order valence-electron chi connectivity index (χ2n) is 5.12. The Morgan fingerprint density at radius 3 is 1.83 bits per heavy atom. The SMILES string of the molecule is CC1CCC([C@H](C)C(C)C)CC1. The average Bonchev–Trinajstić information content (AvgIpc) is 2.04. The Hall–Kier alpha value is 0. The summed E-state index contributed by atoms with van der Waals surface area (Å²) in [6.07, 6.45) is 5.92. The molecule has 0 bridgehead atoms. The highest BCUT2D eigenvalue weighted by molar-refractivity contribution is 4.75. The Morgan fingerprint density at radius 1 is 0.917 bits per heavy atom. The molecule has 0 heterocycles. The molecule has 0 aliphatic heterocycles. The third-order valence-corrected chi connectivity index (χ3v) is 3.86. The zero-order chi connectivity index (χ0) is 9.14. The smallest absolute Gasteiger partial charge is 0.0386 e. The molecule has 1 fully saturated rings. The first-order valence-electron chi connectivity index (χ1n) is 5.61. The molecule has 0 heteroatoms. The molecule has 1 saturated carbocycles. The largest absolute Gasteiger partial charge is 0.0625 e. The summed E-state index contributed by atoms with van der Waals surface area (Å²) in [5, 5.41) is 0. The Kier molecular flexibility index (Phi) is 3.61. The van der Waals surface area contributed by atoms with Gasteiger partial charge in [0, 0.05) is 0 Å². The monoisotopic (exact) mass is 168 g/mol. The van der Waals surface area contributed by atoms with Crippen LogP contribution < -0.4 is 0 Å². The van der Waals surface area contributed by atoms with E-state index in [2.05, 4.69) is 27.7 Å². The van der Waals surface area contributed by atoms with Crippen molar-refractivity contribution < 1.29 is 0 Å². The van der Waals surface area contributed by atoms with Crippen molar-refractivity contribution in [3.05, 3.63) is 0 Å². The van der Waals surface area contributed by atoms with E-state index in [-0.39, 0.29) is 0 Å². The molecule has 72 valence electrons. The van der Waals surface area contributed by atoms with Crippen molar-refractivity contribution >= 4 is 0 Å². The van der Waals surface area contributed by atoms with E-state index in [1.807, 2.05) is 0 Å². The first-order chi connectivity index (χ1) is 5.61. The maximum absolute atomic E-state index is 2.44. The minimum absolute atomic E-state index is 0.878. The second kappa shape index (κ2) is 4.30. The highest BCUT2D eigenvalue weighted by Crippen LogP contribution is 2.35. The maximum atomic E-state index is 2.44. The second-order valence-corrected chi connectivity index (χ2v) is 5.12. The highest BCUT2D eigenvalue weighted by Gasteiger charge is 2.24. The Bertz CT molecular complexity index is 118. The molecular formula is C12H24. The minimum atomic E-state index is 0.878. The lowest BCUT2D eigenvalue weighted by Crippen LogP contribution is -2.22. The molecule has 0 saturated heterocycles.